The van der Waals surface area contributed by atoms with E-state index < -0.39 is 0 Å². The van der Waals surface area contributed by atoms with Crippen molar-refractivity contribution in [3.63, 3.8) is 0 Å². The van der Waals surface area contributed by atoms with Crippen molar-refractivity contribution >= 4 is 83.7 Å². The molecular formula is C12H12BrI3O. The fourth-order valence-corrected chi connectivity index (χ4v) is 6.50. The summed E-state index contributed by atoms with van der Waals surface area (Å²) in [6.45, 7) is 0.838. The van der Waals surface area contributed by atoms with Gasteiger partial charge in [0.1, 0.15) is 5.75 Å². The molecule has 0 unspecified atom stereocenters. The summed E-state index contributed by atoms with van der Waals surface area (Å²) in [5, 5.41) is 1.05. The molecule has 1 aromatic carbocycles. The molecule has 1 aromatic rings. The van der Waals surface area contributed by atoms with Gasteiger partial charge in [-0.05, 0) is 92.7 Å². The number of rotatable bonds is 4. The molecule has 0 saturated heterocycles. The average molecular weight is 633 g/mol. The summed E-state index contributed by atoms with van der Waals surface area (Å²) in [5.74, 6) is 1.05. The number of ether oxygens (including phenoxy) is 1. The summed E-state index contributed by atoms with van der Waals surface area (Å²) >= 11 is 10.7. The Morgan fingerprint density at radius 3 is 2.18 bits per heavy atom. The van der Waals surface area contributed by atoms with Crippen molar-refractivity contribution in [1.82, 2.24) is 0 Å². The van der Waals surface area contributed by atoms with Gasteiger partial charge in [0, 0.05) is 14.3 Å². The van der Waals surface area contributed by atoms with Crippen molar-refractivity contribution in [3.05, 3.63) is 22.8 Å². The van der Waals surface area contributed by atoms with Gasteiger partial charge in [0.25, 0.3) is 0 Å². The first-order valence-electron chi connectivity index (χ1n) is 5.40. The minimum Gasteiger partial charge on any atom is -0.491 e. The standard InChI is InChI=1S/C12H12BrI3O/c13-6-12(2-1-3-12)7-17-11-9(15)4-8(14)5-10(11)16/h4-5H,1-3,6-7H2. The Kier molecular flexibility index (Phi) is 5.70. The molecule has 0 spiro atoms. The van der Waals surface area contributed by atoms with Gasteiger partial charge < -0.3 is 4.74 Å². The third-order valence-corrected chi connectivity index (χ3v) is 6.60. The Morgan fingerprint density at radius 2 is 1.76 bits per heavy atom. The Hall–Kier alpha value is 1.69. The zero-order valence-corrected chi connectivity index (χ0v) is 17.2. The van der Waals surface area contributed by atoms with Gasteiger partial charge in [0.2, 0.25) is 0 Å². The van der Waals surface area contributed by atoms with E-state index in [-0.39, 0.29) is 0 Å². The van der Waals surface area contributed by atoms with Gasteiger partial charge in [-0.3, -0.25) is 0 Å². The quantitative estimate of drug-likeness (QED) is 0.317. The lowest BCUT2D eigenvalue weighted by molar-refractivity contribution is 0.0828. The van der Waals surface area contributed by atoms with E-state index in [1.54, 1.807) is 0 Å². The van der Waals surface area contributed by atoms with Crippen molar-refractivity contribution < 1.29 is 4.74 Å². The van der Waals surface area contributed by atoms with Crippen LogP contribution in [0.1, 0.15) is 19.3 Å². The maximum atomic E-state index is 6.07. The van der Waals surface area contributed by atoms with Gasteiger partial charge in [0.15, 0.2) is 0 Å². The highest BCUT2D eigenvalue weighted by Gasteiger charge is 2.37. The van der Waals surface area contributed by atoms with Crippen LogP contribution in [-0.4, -0.2) is 11.9 Å². The topological polar surface area (TPSA) is 9.23 Å². The Balaban J connectivity index is 2.09. The molecule has 1 fully saturated rings. The molecule has 1 aliphatic carbocycles. The SMILES string of the molecule is BrCC1(COc2c(I)cc(I)cc2I)CCC1. The molecule has 0 heterocycles. The normalized spacial score (nSPS) is 17.6. The minimum absolute atomic E-state index is 0.384. The van der Waals surface area contributed by atoms with E-state index in [2.05, 4.69) is 95.8 Å². The van der Waals surface area contributed by atoms with E-state index in [1.807, 2.05) is 0 Å². The second kappa shape index (κ2) is 6.43. The average Bonchev–Trinajstić information content (AvgIpc) is 2.19. The van der Waals surface area contributed by atoms with Crippen LogP contribution in [0.5, 0.6) is 5.75 Å². The molecule has 0 atom stereocenters. The highest BCUT2D eigenvalue weighted by Crippen LogP contribution is 2.43. The smallest absolute Gasteiger partial charge is 0.146 e. The highest BCUT2D eigenvalue weighted by atomic mass is 127. The summed E-state index contributed by atoms with van der Waals surface area (Å²) in [6, 6.07) is 4.33. The molecule has 0 bridgehead atoms. The van der Waals surface area contributed by atoms with Crippen molar-refractivity contribution in [3.8, 4) is 5.75 Å². The Bertz CT molecular complexity index is 390. The van der Waals surface area contributed by atoms with Crippen molar-refractivity contribution in [2.75, 3.05) is 11.9 Å². The van der Waals surface area contributed by atoms with Crippen LogP contribution < -0.4 is 4.74 Å². The Labute approximate surface area is 151 Å². The third-order valence-electron chi connectivity index (χ3n) is 3.18. The van der Waals surface area contributed by atoms with E-state index in [4.69, 9.17) is 4.74 Å². The molecule has 1 nitrogen and oxygen atoms in total. The number of hydrogen-bond acceptors (Lipinski definition) is 1. The minimum atomic E-state index is 0.384. The molecule has 0 amide bonds. The van der Waals surface area contributed by atoms with Crippen LogP contribution in [0.15, 0.2) is 12.1 Å². The molecule has 0 N–H and O–H groups in total. The number of halogens is 4. The summed E-state index contributed by atoms with van der Waals surface area (Å²) in [5.41, 5.74) is 0.384. The second-order valence-corrected chi connectivity index (χ2v) is 8.61. The molecule has 5 heteroatoms. The molecule has 0 aliphatic heterocycles. The fraction of sp³-hybridized carbons (Fsp3) is 0.500. The first-order valence-corrected chi connectivity index (χ1v) is 9.75. The molecule has 2 rings (SSSR count). The largest absolute Gasteiger partial charge is 0.491 e. The number of alkyl halides is 1. The van der Waals surface area contributed by atoms with E-state index >= 15 is 0 Å². The fourth-order valence-electron chi connectivity index (χ4n) is 1.89. The predicted octanol–water partition coefficient (Wildman–Crippen LogP) is 5.44. The van der Waals surface area contributed by atoms with Gasteiger partial charge in [-0.1, -0.05) is 22.4 Å². The predicted molar refractivity (Wildman–Crippen MR) is 100 cm³/mol. The van der Waals surface area contributed by atoms with Crippen LogP contribution in [0.4, 0.5) is 0 Å². The van der Waals surface area contributed by atoms with Crippen LogP contribution in [-0.2, 0) is 0 Å². The van der Waals surface area contributed by atoms with Crippen molar-refractivity contribution in [1.29, 1.82) is 0 Å². The summed E-state index contributed by atoms with van der Waals surface area (Å²) in [4.78, 5) is 0. The molecule has 0 aromatic heterocycles. The van der Waals surface area contributed by atoms with E-state index in [0.29, 0.717) is 5.41 Å². The first kappa shape index (κ1) is 15.1. The molecule has 17 heavy (non-hydrogen) atoms. The molecule has 94 valence electrons. The van der Waals surface area contributed by atoms with Crippen LogP contribution in [0, 0.1) is 16.1 Å². The van der Waals surface area contributed by atoms with Crippen LogP contribution in [0.3, 0.4) is 0 Å². The highest BCUT2D eigenvalue weighted by molar-refractivity contribution is 14.1. The second-order valence-electron chi connectivity index (χ2n) is 4.47. The van der Waals surface area contributed by atoms with Gasteiger partial charge in [0.05, 0.1) is 13.7 Å². The van der Waals surface area contributed by atoms with Crippen LogP contribution in [0.2, 0.25) is 0 Å². The first-order chi connectivity index (χ1) is 8.06. The summed E-state index contributed by atoms with van der Waals surface area (Å²) in [6.07, 6.45) is 3.92. The maximum Gasteiger partial charge on any atom is 0.146 e. The lowest BCUT2D eigenvalue weighted by Gasteiger charge is -2.40. The monoisotopic (exact) mass is 632 g/mol. The van der Waals surface area contributed by atoms with E-state index in [0.717, 1.165) is 17.7 Å². The van der Waals surface area contributed by atoms with Crippen LogP contribution >= 0.6 is 83.7 Å². The summed E-state index contributed by atoms with van der Waals surface area (Å²) in [7, 11) is 0. The molecule has 1 saturated carbocycles. The van der Waals surface area contributed by atoms with Gasteiger partial charge in [-0.2, -0.15) is 0 Å². The lowest BCUT2D eigenvalue weighted by atomic mass is 9.71. The van der Waals surface area contributed by atoms with Gasteiger partial charge >= 0.3 is 0 Å². The van der Waals surface area contributed by atoms with E-state index in [1.165, 1.54) is 30.0 Å². The molecule has 1 aliphatic rings. The van der Waals surface area contributed by atoms with E-state index in [9.17, 15) is 0 Å². The number of benzene rings is 1. The van der Waals surface area contributed by atoms with Crippen molar-refractivity contribution in [2.45, 2.75) is 19.3 Å². The summed E-state index contributed by atoms with van der Waals surface area (Å²) < 4.78 is 9.76. The lowest BCUT2D eigenvalue weighted by Crippen LogP contribution is -2.37. The number of hydrogen-bond donors (Lipinski definition) is 0. The van der Waals surface area contributed by atoms with Crippen LogP contribution in [0.25, 0.3) is 0 Å². The van der Waals surface area contributed by atoms with Gasteiger partial charge in [-0.15, -0.1) is 0 Å². The zero-order valence-electron chi connectivity index (χ0n) is 9.11. The third kappa shape index (κ3) is 3.62. The molecular weight excluding hydrogens is 621 g/mol. The van der Waals surface area contributed by atoms with Crippen molar-refractivity contribution in [2.24, 2.45) is 5.41 Å². The zero-order chi connectivity index (χ0) is 12.5. The molecule has 0 radical (unpaired) electrons. The maximum absolute atomic E-state index is 6.07. The Morgan fingerprint density at radius 1 is 1.18 bits per heavy atom. The van der Waals surface area contributed by atoms with Gasteiger partial charge in [-0.25, -0.2) is 0 Å².